The van der Waals surface area contributed by atoms with E-state index < -0.39 is 0 Å². The van der Waals surface area contributed by atoms with Crippen molar-refractivity contribution in [3.8, 4) is 0 Å². The minimum atomic E-state index is 0.133. The Balaban J connectivity index is 2.33. The van der Waals surface area contributed by atoms with Gasteiger partial charge in [-0.25, -0.2) is 0 Å². The number of benzene rings is 1. The van der Waals surface area contributed by atoms with Gasteiger partial charge in [-0.05, 0) is 30.9 Å². The van der Waals surface area contributed by atoms with Crippen molar-refractivity contribution < 1.29 is 4.79 Å². The van der Waals surface area contributed by atoms with Crippen molar-refractivity contribution in [1.82, 2.24) is 10.2 Å². The van der Waals surface area contributed by atoms with Crippen molar-refractivity contribution in [2.45, 2.75) is 18.4 Å². The van der Waals surface area contributed by atoms with Crippen LogP contribution in [0.4, 0.5) is 0 Å². The number of nitrogens with one attached hydrogen (secondary N) is 1. The molecule has 0 bridgehead atoms. The molecule has 1 aromatic rings. The summed E-state index contributed by atoms with van der Waals surface area (Å²) in [7, 11) is 1.82. The number of hydrogen-bond acceptors (Lipinski definition) is 3. The van der Waals surface area contributed by atoms with Crippen LogP contribution in [-0.2, 0) is 11.3 Å². The molecule has 0 aliphatic heterocycles. The third kappa shape index (κ3) is 4.79. The summed E-state index contributed by atoms with van der Waals surface area (Å²) >= 11 is 1.73. The number of hydrogen-bond donors (Lipinski definition) is 1. The van der Waals surface area contributed by atoms with Gasteiger partial charge in [0, 0.05) is 25.0 Å². The van der Waals surface area contributed by atoms with Gasteiger partial charge in [-0.1, -0.05) is 12.1 Å². The van der Waals surface area contributed by atoms with Gasteiger partial charge in [0.15, 0.2) is 0 Å². The highest BCUT2D eigenvalue weighted by Gasteiger charge is 2.04. The summed E-state index contributed by atoms with van der Waals surface area (Å²) in [5.74, 6) is 0.133. The van der Waals surface area contributed by atoms with E-state index in [0.717, 1.165) is 13.1 Å². The second-order valence-corrected chi connectivity index (χ2v) is 4.74. The molecule has 17 heavy (non-hydrogen) atoms. The van der Waals surface area contributed by atoms with E-state index in [9.17, 15) is 4.79 Å². The molecule has 1 amide bonds. The molecule has 0 saturated carbocycles. The predicted octanol–water partition coefficient (Wildman–Crippen LogP) is 1.98. The number of carbonyl (C=O) groups is 1. The first-order valence-electron chi connectivity index (χ1n) is 5.75. The first kappa shape index (κ1) is 14.1. The fraction of sp³-hybridized carbons (Fsp3) is 0.462. The van der Waals surface area contributed by atoms with E-state index in [1.807, 2.05) is 14.0 Å². The number of nitrogens with zero attached hydrogens (tertiary/aromatic N) is 1. The number of thioether (sulfide) groups is 1. The van der Waals surface area contributed by atoms with Crippen LogP contribution in [0.15, 0.2) is 29.2 Å². The maximum Gasteiger partial charge on any atom is 0.236 e. The van der Waals surface area contributed by atoms with Crippen LogP contribution >= 0.6 is 11.8 Å². The summed E-state index contributed by atoms with van der Waals surface area (Å²) in [6.45, 7) is 3.86. The molecule has 1 rings (SSSR count). The fourth-order valence-electron chi connectivity index (χ4n) is 1.37. The number of likely N-dealkylation sites (N-methyl/N-ethyl adjacent to an activating group) is 1. The monoisotopic (exact) mass is 252 g/mol. The largest absolute Gasteiger partial charge is 0.345 e. The Bertz CT molecular complexity index is 351. The first-order valence-corrected chi connectivity index (χ1v) is 6.97. The van der Waals surface area contributed by atoms with E-state index in [-0.39, 0.29) is 5.91 Å². The smallest absolute Gasteiger partial charge is 0.236 e. The van der Waals surface area contributed by atoms with Gasteiger partial charge >= 0.3 is 0 Å². The molecule has 0 aromatic heterocycles. The van der Waals surface area contributed by atoms with Crippen LogP contribution in [0.2, 0.25) is 0 Å². The van der Waals surface area contributed by atoms with Crippen molar-refractivity contribution in [3.05, 3.63) is 29.8 Å². The van der Waals surface area contributed by atoms with Crippen LogP contribution in [0.25, 0.3) is 0 Å². The van der Waals surface area contributed by atoms with Gasteiger partial charge in [0.25, 0.3) is 0 Å². The van der Waals surface area contributed by atoms with Gasteiger partial charge in [-0.2, -0.15) is 0 Å². The number of carbonyl (C=O) groups excluding carboxylic acids is 1. The lowest BCUT2D eigenvalue weighted by Crippen LogP contribution is -2.35. The topological polar surface area (TPSA) is 32.3 Å². The molecule has 0 spiro atoms. The summed E-state index contributed by atoms with van der Waals surface area (Å²) < 4.78 is 0. The molecule has 0 unspecified atom stereocenters. The minimum absolute atomic E-state index is 0.133. The Labute approximate surface area is 108 Å². The van der Waals surface area contributed by atoms with Crippen LogP contribution in [0.5, 0.6) is 0 Å². The average Bonchev–Trinajstić information content (AvgIpc) is 2.38. The Hall–Kier alpha value is -1.00. The van der Waals surface area contributed by atoms with E-state index in [1.54, 1.807) is 16.7 Å². The minimum Gasteiger partial charge on any atom is -0.345 e. The van der Waals surface area contributed by atoms with Crippen LogP contribution in [0, 0.1) is 0 Å². The van der Waals surface area contributed by atoms with E-state index in [4.69, 9.17) is 0 Å². The molecule has 1 N–H and O–H groups in total. The van der Waals surface area contributed by atoms with Gasteiger partial charge in [0.1, 0.15) is 0 Å². The Morgan fingerprint density at radius 1 is 1.35 bits per heavy atom. The van der Waals surface area contributed by atoms with E-state index in [2.05, 4.69) is 35.8 Å². The molecule has 0 heterocycles. The molecule has 94 valence electrons. The molecule has 0 atom stereocenters. The molecular weight excluding hydrogens is 232 g/mol. The standard InChI is InChI=1S/C13H20N2OS/c1-4-15(2)13(16)10-14-9-11-5-7-12(17-3)8-6-11/h5-8,14H,4,9-10H2,1-3H3. The quantitative estimate of drug-likeness (QED) is 0.786. The zero-order valence-corrected chi connectivity index (χ0v) is 11.5. The lowest BCUT2D eigenvalue weighted by molar-refractivity contribution is -0.128. The van der Waals surface area contributed by atoms with Gasteiger partial charge in [-0.3, -0.25) is 4.79 Å². The summed E-state index contributed by atoms with van der Waals surface area (Å²) in [5.41, 5.74) is 1.20. The van der Waals surface area contributed by atoms with Crippen LogP contribution in [0.3, 0.4) is 0 Å². The fourth-order valence-corrected chi connectivity index (χ4v) is 1.78. The molecule has 0 aliphatic rings. The predicted molar refractivity (Wildman–Crippen MR) is 73.2 cm³/mol. The Morgan fingerprint density at radius 3 is 2.53 bits per heavy atom. The zero-order chi connectivity index (χ0) is 12.7. The normalized spacial score (nSPS) is 10.3. The summed E-state index contributed by atoms with van der Waals surface area (Å²) in [6, 6.07) is 8.38. The summed E-state index contributed by atoms with van der Waals surface area (Å²) in [6.07, 6.45) is 2.06. The highest BCUT2D eigenvalue weighted by molar-refractivity contribution is 7.98. The van der Waals surface area contributed by atoms with E-state index in [1.165, 1.54) is 10.5 Å². The maximum atomic E-state index is 11.5. The summed E-state index contributed by atoms with van der Waals surface area (Å²) in [5, 5.41) is 3.16. The maximum absolute atomic E-state index is 11.5. The summed E-state index contributed by atoms with van der Waals surface area (Å²) in [4.78, 5) is 14.5. The second kappa shape index (κ2) is 7.35. The van der Waals surface area contributed by atoms with Gasteiger partial charge in [-0.15, -0.1) is 11.8 Å². The lowest BCUT2D eigenvalue weighted by Gasteiger charge is -2.14. The lowest BCUT2D eigenvalue weighted by atomic mass is 10.2. The molecule has 0 fully saturated rings. The molecule has 0 aliphatic carbocycles. The van der Waals surface area contributed by atoms with E-state index in [0.29, 0.717) is 6.54 Å². The third-order valence-electron chi connectivity index (χ3n) is 2.66. The average molecular weight is 252 g/mol. The van der Waals surface area contributed by atoms with Crippen molar-refractivity contribution in [1.29, 1.82) is 0 Å². The Kier molecular flexibility index (Phi) is 6.08. The van der Waals surface area contributed by atoms with Crippen molar-refractivity contribution in [3.63, 3.8) is 0 Å². The zero-order valence-electron chi connectivity index (χ0n) is 10.7. The van der Waals surface area contributed by atoms with Crippen molar-refractivity contribution in [2.24, 2.45) is 0 Å². The molecule has 0 radical (unpaired) electrons. The highest BCUT2D eigenvalue weighted by atomic mass is 32.2. The van der Waals surface area contributed by atoms with Crippen LogP contribution in [0.1, 0.15) is 12.5 Å². The molecular formula is C13H20N2OS. The van der Waals surface area contributed by atoms with Crippen molar-refractivity contribution >= 4 is 17.7 Å². The molecule has 3 nitrogen and oxygen atoms in total. The second-order valence-electron chi connectivity index (χ2n) is 3.86. The van der Waals surface area contributed by atoms with Crippen LogP contribution < -0.4 is 5.32 Å². The third-order valence-corrected chi connectivity index (χ3v) is 3.41. The number of amides is 1. The van der Waals surface area contributed by atoms with Crippen molar-refractivity contribution in [2.75, 3.05) is 26.4 Å². The van der Waals surface area contributed by atoms with Gasteiger partial charge < -0.3 is 10.2 Å². The Morgan fingerprint density at radius 2 is 2.00 bits per heavy atom. The van der Waals surface area contributed by atoms with Gasteiger partial charge in [0.05, 0.1) is 6.54 Å². The van der Waals surface area contributed by atoms with Crippen LogP contribution in [-0.4, -0.2) is 37.2 Å². The molecule has 0 saturated heterocycles. The number of rotatable bonds is 6. The highest BCUT2D eigenvalue weighted by Crippen LogP contribution is 2.14. The molecule has 1 aromatic carbocycles. The molecule has 4 heteroatoms. The first-order chi connectivity index (χ1) is 8.17. The SMILES string of the molecule is CCN(C)C(=O)CNCc1ccc(SC)cc1. The van der Waals surface area contributed by atoms with E-state index >= 15 is 0 Å². The van der Waals surface area contributed by atoms with Gasteiger partial charge in [0.2, 0.25) is 5.91 Å².